The molecular weight excluding hydrogens is 364 g/mol. The van der Waals surface area contributed by atoms with Crippen LogP contribution in [0.3, 0.4) is 0 Å². The van der Waals surface area contributed by atoms with Crippen LogP contribution in [0.15, 0.2) is 55.0 Å². The van der Waals surface area contributed by atoms with Crippen molar-refractivity contribution in [3.05, 3.63) is 66.1 Å². The van der Waals surface area contributed by atoms with Crippen molar-refractivity contribution in [1.82, 2.24) is 20.1 Å². The van der Waals surface area contributed by atoms with Gasteiger partial charge >= 0.3 is 0 Å². The van der Waals surface area contributed by atoms with E-state index in [0.29, 0.717) is 13.1 Å². The number of aliphatic hydroxyl groups excluding tert-OH is 1. The lowest BCUT2D eigenvalue weighted by Gasteiger charge is -2.19. The highest BCUT2D eigenvalue weighted by Crippen LogP contribution is 2.28. The van der Waals surface area contributed by atoms with Crippen molar-refractivity contribution >= 4 is 0 Å². The third-order valence-electron chi connectivity index (χ3n) is 4.90. The summed E-state index contributed by atoms with van der Waals surface area (Å²) < 4.78 is 7.39. The maximum Gasteiger partial charge on any atom is 0.119 e. The van der Waals surface area contributed by atoms with Crippen LogP contribution in [0.1, 0.15) is 37.8 Å². The average molecular weight is 395 g/mol. The third kappa shape index (κ3) is 5.22. The molecule has 0 spiro atoms. The van der Waals surface area contributed by atoms with Gasteiger partial charge in [0.25, 0.3) is 0 Å². The Morgan fingerprint density at radius 1 is 1.21 bits per heavy atom. The molecular formula is C23H30N4O2. The Kier molecular flexibility index (Phi) is 6.67. The molecule has 2 N–H and O–H groups in total. The molecule has 6 nitrogen and oxygen atoms in total. The second-order valence-electron chi connectivity index (χ2n) is 8.15. The van der Waals surface area contributed by atoms with Crippen LogP contribution in [0.2, 0.25) is 0 Å². The van der Waals surface area contributed by atoms with Gasteiger partial charge in [0.15, 0.2) is 0 Å². The number of nitrogens with one attached hydrogen (secondary N) is 1. The van der Waals surface area contributed by atoms with Gasteiger partial charge in [-0.1, -0.05) is 18.2 Å². The average Bonchev–Trinajstić information content (AvgIpc) is 3.17. The monoisotopic (exact) mass is 394 g/mol. The number of nitrogens with zero attached hydrogens (tertiary/aromatic N) is 3. The van der Waals surface area contributed by atoms with E-state index >= 15 is 0 Å². The predicted octanol–water partition coefficient (Wildman–Crippen LogP) is 3.57. The van der Waals surface area contributed by atoms with E-state index < -0.39 is 0 Å². The molecule has 1 atom stereocenters. The van der Waals surface area contributed by atoms with Crippen LogP contribution < -0.4 is 10.1 Å². The largest absolute Gasteiger partial charge is 0.497 e. The minimum atomic E-state index is -0.116. The lowest BCUT2D eigenvalue weighted by Crippen LogP contribution is -2.24. The molecule has 0 radical (unpaired) electrons. The Labute approximate surface area is 172 Å². The molecule has 1 aromatic carbocycles. The molecule has 0 amide bonds. The molecule has 6 heteroatoms. The molecule has 3 aromatic rings. The highest BCUT2D eigenvalue weighted by atomic mass is 16.5. The van der Waals surface area contributed by atoms with Crippen LogP contribution in [0.25, 0.3) is 11.3 Å². The van der Waals surface area contributed by atoms with E-state index in [1.807, 2.05) is 47.3 Å². The lowest BCUT2D eigenvalue weighted by atomic mass is 10.0. The summed E-state index contributed by atoms with van der Waals surface area (Å²) in [5.74, 6) is 0.810. The van der Waals surface area contributed by atoms with Crippen molar-refractivity contribution in [2.45, 2.75) is 38.8 Å². The minimum absolute atomic E-state index is 0.00151. The summed E-state index contributed by atoms with van der Waals surface area (Å²) in [4.78, 5) is 4.16. The molecule has 2 heterocycles. The first kappa shape index (κ1) is 21.0. The SMILES string of the molecule is COc1cccc(-c2nn(C(C)(C)C)cc2CNCC(CO)c2cccnc2)c1. The van der Waals surface area contributed by atoms with Crippen molar-refractivity contribution in [3.8, 4) is 17.0 Å². The van der Waals surface area contributed by atoms with Gasteiger partial charge in [-0.15, -0.1) is 0 Å². The first-order valence-corrected chi connectivity index (χ1v) is 9.87. The van der Waals surface area contributed by atoms with Gasteiger partial charge in [0.1, 0.15) is 5.75 Å². The van der Waals surface area contributed by atoms with Crippen molar-refractivity contribution in [3.63, 3.8) is 0 Å². The summed E-state index contributed by atoms with van der Waals surface area (Å²) in [7, 11) is 1.67. The quantitative estimate of drug-likeness (QED) is 0.611. The van der Waals surface area contributed by atoms with Gasteiger partial charge in [-0.05, 0) is 44.5 Å². The third-order valence-corrected chi connectivity index (χ3v) is 4.90. The van der Waals surface area contributed by atoms with E-state index in [9.17, 15) is 5.11 Å². The van der Waals surface area contributed by atoms with Crippen molar-refractivity contribution < 1.29 is 9.84 Å². The number of hydrogen-bond donors (Lipinski definition) is 2. The fourth-order valence-electron chi connectivity index (χ4n) is 3.18. The van der Waals surface area contributed by atoms with Gasteiger partial charge in [-0.2, -0.15) is 5.10 Å². The standard InChI is InChI=1S/C23H30N4O2/c1-23(2,3)27-15-19(22(26-27)17-7-5-9-21(11-17)29-4)13-25-14-20(16-28)18-8-6-10-24-12-18/h5-12,15,20,25,28H,13-14,16H2,1-4H3. The lowest BCUT2D eigenvalue weighted by molar-refractivity contribution is 0.261. The van der Waals surface area contributed by atoms with Crippen LogP contribution in [-0.2, 0) is 12.1 Å². The maximum absolute atomic E-state index is 9.78. The number of methoxy groups -OCH3 is 1. The van der Waals surface area contributed by atoms with Gasteiger partial charge in [-0.25, -0.2) is 0 Å². The summed E-state index contributed by atoms with van der Waals surface area (Å²) in [5.41, 5.74) is 3.98. The van der Waals surface area contributed by atoms with Gasteiger partial charge in [0.2, 0.25) is 0 Å². The van der Waals surface area contributed by atoms with Crippen molar-refractivity contribution in [2.75, 3.05) is 20.3 Å². The summed E-state index contributed by atoms with van der Waals surface area (Å²) in [5, 5.41) is 18.1. The Morgan fingerprint density at radius 2 is 2.03 bits per heavy atom. The zero-order valence-electron chi connectivity index (χ0n) is 17.6. The van der Waals surface area contributed by atoms with Crippen LogP contribution in [0, 0.1) is 0 Å². The summed E-state index contributed by atoms with van der Waals surface area (Å²) in [6.45, 7) is 7.78. The number of aliphatic hydroxyl groups is 1. The van der Waals surface area contributed by atoms with Gasteiger partial charge < -0.3 is 15.2 Å². The maximum atomic E-state index is 9.78. The fourth-order valence-corrected chi connectivity index (χ4v) is 3.18. The molecule has 0 aliphatic rings. The molecule has 0 bridgehead atoms. The van der Waals surface area contributed by atoms with Crippen molar-refractivity contribution in [1.29, 1.82) is 0 Å². The van der Waals surface area contributed by atoms with E-state index in [1.54, 1.807) is 13.3 Å². The molecule has 29 heavy (non-hydrogen) atoms. The van der Waals surface area contributed by atoms with Crippen molar-refractivity contribution in [2.24, 2.45) is 0 Å². The second kappa shape index (κ2) is 9.20. The van der Waals surface area contributed by atoms with E-state index in [2.05, 4.69) is 37.3 Å². The molecule has 154 valence electrons. The molecule has 0 fully saturated rings. The first-order chi connectivity index (χ1) is 13.9. The Hall–Kier alpha value is -2.70. The Morgan fingerprint density at radius 3 is 2.69 bits per heavy atom. The zero-order chi connectivity index (χ0) is 20.9. The number of ether oxygens (including phenoxy) is 1. The normalized spacial score (nSPS) is 12.7. The molecule has 1 unspecified atom stereocenters. The fraction of sp³-hybridized carbons (Fsp3) is 0.391. The number of rotatable bonds is 8. The minimum Gasteiger partial charge on any atom is -0.497 e. The predicted molar refractivity (Wildman–Crippen MR) is 115 cm³/mol. The van der Waals surface area contributed by atoms with Crippen LogP contribution >= 0.6 is 0 Å². The van der Waals surface area contributed by atoms with Crippen LogP contribution in [-0.4, -0.2) is 40.1 Å². The van der Waals surface area contributed by atoms with E-state index in [1.165, 1.54) is 0 Å². The highest BCUT2D eigenvalue weighted by molar-refractivity contribution is 5.64. The molecule has 2 aromatic heterocycles. The first-order valence-electron chi connectivity index (χ1n) is 9.87. The number of benzene rings is 1. The second-order valence-corrected chi connectivity index (χ2v) is 8.15. The van der Waals surface area contributed by atoms with E-state index in [-0.39, 0.29) is 18.1 Å². The topological polar surface area (TPSA) is 72.2 Å². The summed E-state index contributed by atoms with van der Waals surface area (Å²) >= 11 is 0. The summed E-state index contributed by atoms with van der Waals surface area (Å²) in [6.07, 6.45) is 5.65. The van der Waals surface area contributed by atoms with E-state index in [0.717, 1.165) is 28.1 Å². The van der Waals surface area contributed by atoms with Gasteiger partial charge in [-0.3, -0.25) is 9.67 Å². The van der Waals surface area contributed by atoms with Crippen LogP contribution in [0.5, 0.6) is 5.75 Å². The molecule has 3 rings (SSSR count). The molecule has 0 aliphatic carbocycles. The molecule has 0 saturated carbocycles. The highest BCUT2D eigenvalue weighted by Gasteiger charge is 2.19. The van der Waals surface area contributed by atoms with Crippen LogP contribution in [0.4, 0.5) is 0 Å². The molecule has 0 saturated heterocycles. The van der Waals surface area contributed by atoms with Gasteiger partial charge in [0, 0.05) is 48.7 Å². The van der Waals surface area contributed by atoms with E-state index in [4.69, 9.17) is 9.84 Å². The van der Waals surface area contributed by atoms with Gasteiger partial charge in [0.05, 0.1) is 24.9 Å². The Balaban J connectivity index is 1.81. The smallest absolute Gasteiger partial charge is 0.119 e. The number of hydrogen-bond acceptors (Lipinski definition) is 5. The Bertz CT molecular complexity index is 916. The summed E-state index contributed by atoms with van der Waals surface area (Å²) in [6, 6.07) is 11.9. The molecule has 0 aliphatic heterocycles. The zero-order valence-corrected chi connectivity index (χ0v) is 17.6. The number of pyridine rings is 1. The number of aromatic nitrogens is 3.